The first-order valence-electron chi connectivity index (χ1n) is 6.38. The van der Waals surface area contributed by atoms with Crippen LogP contribution in [0.4, 0.5) is 5.82 Å². The average molecular weight is 314 g/mol. The van der Waals surface area contributed by atoms with Crippen LogP contribution >= 0.6 is 11.6 Å². The van der Waals surface area contributed by atoms with E-state index in [1.165, 1.54) is 4.90 Å². The van der Waals surface area contributed by atoms with E-state index in [0.717, 1.165) is 0 Å². The first-order chi connectivity index (χ1) is 9.52. The molecule has 21 heavy (non-hydrogen) atoms. The lowest BCUT2D eigenvalue weighted by Gasteiger charge is -2.25. The SMILES string of the molecule is Cc1c(Cl)nc(C(C)(C)C)nc1N(CC(N)=O)CC(N)=O. The van der Waals surface area contributed by atoms with Crippen molar-refractivity contribution in [2.24, 2.45) is 11.5 Å². The third kappa shape index (κ3) is 4.56. The number of nitrogens with zero attached hydrogens (tertiary/aromatic N) is 3. The molecule has 4 N–H and O–H groups in total. The number of carbonyl (C=O) groups is 2. The molecule has 0 radical (unpaired) electrons. The number of anilines is 1. The Bertz CT molecular complexity index is 552. The molecule has 0 aliphatic carbocycles. The zero-order valence-corrected chi connectivity index (χ0v) is 13.4. The van der Waals surface area contributed by atoms with Crippen LogP contribution in [-0.4, -0.2) is 34.9 Å². The summed E-state index contributed by atoms with van der Waals surface area (Å²) >= 11 is 6.13. The number of nitrogens with two attached hydrogens (primary N) is 2. The fourth-order valence-electron chi connectivity index (χ4n) is 1.70. The number of carbonyl (C=O) groups excluding carboxylic acids is 2. The Hall–Kier alpha value is -1.89. The second-order valence-corrected chi connectivity index (χ2v) is 6.18. The second-order valence-electron chi connectivity index (χ2n) is 5.83. The van der Waals surface area contributed by atoms with Crippen molar-refractivity contribution in [3.8, 4) is 0 Å². The molecule has 0 saturated heterocycles. The van der Waals surface area contributed by atoms with Crippen molar-refractivity contribution in [3.05, 3.63) is 16.5 Å². The Morgan fingerprint density at radius 1 is 1.14 bits per heavy atom. The van der Waals surface area contributed by atoms with Crippen LogP contribution in [0.5, 0.6) is 0 Å². The van der Waals surface area contributed by atoms with E-state index in [0.29, 0.717) is 17.2 Å². The van der Waals surface area contributed by atoms with Gasteiger partial charge in [0.05, 0.1) is 13.1 Å². The maximum Gasteiger partial charge on any atom is 0.237 e. The van der Waals surface area contributed by atoms with E-state index in [1.807, 2.05) is 20.8 Å². The zero-order valence-electron chi connectivity index (χ0n) is 12.6. The number of primary amides is 2. The summed E-state index contributed by atoms with van der Waals surface area (Å²) in [5.74, 6) is -0.296. The lowest BCUT2D eigenvalue weighted by molar-refractivity contribution is -0.117. The molecule has 0 aliphatic heterocycles. The quantitative estimate of drug-likeness (QED) is 0.769. The number of hydrogen-bond donors (Lipinski definition) is 2. The van der Waals surface area contributed by atoms with Crippen molar-refractivity contribution in [2.75, 3.05) is 18.0 Å². The van der Waals surface area contributed by atoms with Gasteiger partial charge in [-0.05, 0) is 6.92 Å². The van der Waals surface area contributed by atoms with Gasteiger partial charge in [-0.25, -0.2) is 9.97 Å². The van der Waals surface area contributed by atoms with Crippen molar-refractivity contribution < 1.29 is 9.59 Å². The van der Waals surface area contributed by atoms with E-state index in [1.54, 1.807) is 6.92 Å². The van der Waals surface area contributed by atoms with E-state index in [4.69, 9.17) is 23.1 Å². The fraction of sp³-hybridized carbons (Fsp3) is 0.538. The third-order valence-corrected chi connectivity index (χ3v) is 3.09. The molecule has 1 aromatic heterocycles. The number of aromatic nitrogens is 2. The van der Waals surface area contributed by atoms with Crippen molar-refractivity contribution in [1.82, 2.24) is 9.97 Å². The maximum atomic E-state index is 11.2. The van der Waals surface area contributed by atoms with Crippen molar-refractivity contribution in [1.29, 1.82) is 0 Å². The summed E-state index contributed by atoms with van der Waals surface area (Å²) in [7, 11) is 0. The van der Waals surface area contributed by atoms with Crippen LogP contribution in [-0.2, 0) is 15.0 Å². The lowest BCUT2D eigenvalue weighted by atomic mass is 9.95. The molecular weight excluding hydrogens is 294 g/mol. The van der Waals surface area contributed by atoms with Gasteiger partial charge in [0.1, 0.15) is 16.8 Å². The minimum atomic E-state index is -0.595. The molecule has 0 unspecified atom stereocenters. The Morgan fingerprint density at radius 3 is 2.00 bits per heavy atom. The molecule has 0 atom stereocenters. The highest BCUT2D eigenvalue weighted by atomic mass is 35.5. The Balaban J connectivity index is 3.38. The number of hydrogen-bond acceptors (Lipinski definition) is 5. The molecule has 0 fully saturated rings. The van der Waals surface area contributed by atoms with Crippen LogP contribution in [0.1, 0.15) is 32.2 Å². The molecule has 8 heteroatoms. The Labute approximate surface area is 128 Å². The molecule has 116 valence electrons. The van der Waals surface area contributed by atoms with E-state index >= 15 is 0 Å². The van der Waals surface area contributed by atoms with Crippen molar-refractivity contribution in [3.63, 3.8) is 0 Å². The minimum Gasteiger partial charge on any atom is -0.368 e. The highest BCUT2D eigenvalue weighted by Crippen LogP contribution is 2.28. The monoisotopic (exact) mass is 313 g/mol. The third-order valence-electron chi connectivity index (χ3n) is 2.72. The largest absolute Gasteiger partial charge is 0.368 e. The fourth-order valence-corrected chi connectivity index (χ4v) is 1.87. The maximum absolute atomic E-state index is 11.2. The molecule has 0 aliphatic rings. The van der Waals surface area contributed by atoms with Crippen LogP contribution in [0.3, 0.4) is 0 Å². The van der Waals surface area contributed by atoms with Gasteiger partial charge in [0.15, 0.2) is 0 Å². The van der Waals surface area contributed by atoms with Crippen LogP contribution in [0.2, 0.25) is 5.15 Å². The van der Waals surface area contributed by atoms with Crippen LogP contribution in [0, 0.1) is 6.92 Å². The van der Waals surface area contributed by atoms with Crippen LogP contribution in [0.15, 0.2) is 0 Å². The van der Waals surface area contributed by atoms with Gasteiger partial charge in [-0.15, -0.1) is 0 Å². The van der Waals surface area contributed by atoms with Gasteiger partial charge in [-0.1, -0.05) is 32.4 Å². The van der Waals surface area contributed by atoms with Gasteiger partial charge in [-0.2, -0.15) is 0 Å². The predicted octanol–water partition coefficient (Wildman–Crippen LogP) is 0.513. The molecule has 0 bridgehead atoms. The van der Waals surface area contributed by atoms with Crippen LogP contribution in [0.25, 0.3) is 0 Å². The van der Waals surface area contributed by atoms with Gasteiger partial charge in [-0.3, -0.25) is 9.59 Å². The normalized spacial score (nSPS) is 11.3. The Morgan fingerprint density at radius 2 is 1.62 bits per heavy atom. The molecule has 1 heterocycles. The first-order valence-corrected chi connectivity index (χ1v) is 6.76. The summed E-state index contributed by atoms with van der Waals surface area (Å²) in [6, 6.07) is 0. The Kier molecular flexibility index (Phi) is 5.11. The highest BCUT2D eigenvalue weighted by molar-refractivity contribution is 6.30. The average Bonchev–Trinajstić information content (AvgIpc) is 2.28. The van der Waals surface area contributed by atoms with E-state index in [-0.39, 0.29) is 23.7 Å². The van der Waals surface area contributed by atoms with Gasteiger partial charge < -0.3 is 16.4 Å². The molecule has 7 nitrogen and oxygen atoms in total. The predicted molar refractivity (Wildman–Crippen MR) is 81.1 cm³/mol. The summed E-state index contributed by atoms with van der Waals surface area (Å²) in [6.45, 7) is 7.15. The van der Waals surface area contributed by atoms with Gasteiger partial charge >= 0.3 is 0 Å². The van der Waals surface area contributed by atoms with E-state index in [9.17, 15) is 9.59 Å². The molecule has 0 spiro atoms. The summed E-state index contributed by atoms with van der Waals surface area (Å²) in [4.78, 5) is 32.5. The zero-order chi connectivity index (χ0) is 16.4. The van der Waals surface area contributed by atoms with Crippen molar-refractivity contribution in [2.45, 2.75) is 33.1 Å². The molecule has 2 amide bonds. The molecular formula is C13H20ClN5O2. The van der Waals surface area contributed by atoms with E-state index < -0.39 is 11.8 Å². The van der Waals surface area contributed by atoms with E-state index in [2.05, 4.69) is 9.97 Å². The molecule has 1 rings (SSSR count). The number of amides is 2. The first kappa shape index (κ1) is 17.2. The van der Waals surface area contributed by atoms with Crippen LogP contribution < -0.4 is 16.4 Å². The molecule has 1 aromatic rings. The summed E-state index contributed by atoms with van der Waals surface area (Å²) in [5.41, 5.74) is 10.6. The lowest BCUT2D eigenvalue weighted by Crippen LogP contribution is -2.41. The summed E-state index contributed by atoms with van der Waals surface area (Å²) < 4.78 is 0. The highest BCUT2D eigenvalue weighted by Gasteiger charge is 2.24. The van der Waals surface area contributed by atoms with Gasteiger partial charge in [0, 0.05) is 11.0 Å². The number of rotatable bonds is 5. The summed E-state index contributed by atoms with van der Waals surface area (Å²) in [6.07, 6.45) is 0. The smallest absolute Gasteiger partial charge is 0.237 e. The molecule has 0 saturated carbocycles. The van der Waals surface area contributed by atoms with Crippen molar-refractivity contribution >= 4 is 29.2 Å². The summed E-state index contributed by atoms with van der Waals surface area (Å²) in [5, 5.41) is 0.267. The van der Waals surface area contributed by atoms with Gasteiger partial charge in [0.2, 0.25) is 11.8 Å². The molecule has 0 aromatic carbocycles. The second kappa shape index (κ2) is 6.26. The van der Waals surface area contributed by atoms with Gasteiger partial charge in [0.25, 0.3) is 0 Å². The topological polar surface area (TPSA) is 115 Å². The minimum absolute atomic E-state index is 0.180. The number of halogens is 1. The standard InChI is InChI=1S/C13H20ClN5O2/c1-7-10(14)17-12(13(2,3)4)18-11(7)19(5-8(15)20)6-9(16)21/h5-6H2,1-4H3,(H2,15,20)(H2,16,21).